The number of aliphatic hydroxyl groups is 1. The second-order valence-corrected chi connectivity index (χ2v) is 8.68. The molecule has 1 N–H and O–H groups in total. The monoisotopic (exact) mass is 360 g/mol. The molecule has 0 aliphatic carbocycles. The number of unbranched alkanes of at least 4 members (excludes halogenated alkanes) is 2. The Morgan fingerprint density at radius 2 is 1.40 bits per heavy atom. The van der Waals surface area contributed by atoms with Crippen molar-refractivity contribution in [2.75, 3.05) is 20.3 Å². The summed E-state index contributed by atoms with van der Waals surface area (Å²) in [6, 6.07) is 0. The van der Waals surface area contributed by atoms with Gasteiger partial charge < -0.3 is 19.3 Å². The maximum atomic E-state index is 11.9. The summed E-state index contributed by atoms with van der Waals surface area (Å²) < 4.78 is 16.5. The van der Waals surface area contributed by atoms with Crippen molar-refractivity contribution in [2.24, 2.45) is 0 Å². The highest BCUT2D eigenvalue weighted by molar-refractivity contribution is 5.69. The van der Waals surface area contributed by atoms with Crippen LogP contribution in [0.3, 0.4) is 0 Å². The van der Waals surface area contributed by atoms with Gasteiger partial charge in [-0.1, -0.05) is 12.8 Å². The van der Waals surface area contributed by atoms with E-state index in [1.165, 1.54) is 0 Å². The molecule has 25 heavy (non-hydrogen) atoms. The average molecular weight is 361 g/mol. The number of rotatable bonds is 14. The smallest absolute Gasteiger partial charge is 0.306 e. The Bertz CT molecular complexity index is 369. The largest absolute Gasteiger partial charge is 0.460 e. The van der Waals surface area contributed by atoms with Crippen LogP contribution in [-0.2, 0) is 19.0 Å². The van der Waals surface area contributed by atoms with Crippen molar-refractivity contribution in [1.29, 1.82) is 0 Å². The van der Waals surface area contributed by atoms with Crippen LogP contribution in [0.5, 0.6) is 0 Å². The van der Waals surface area contributed by atoms with E-state index in [9.17, 15) is 9.90 Å². The highest BCUT2D eigenvalue weighted by Gasteiger charge is 2.23. The Morgan fingerprint density at radius 3 is 1.92 bits per heavy atom. The Morgan fingerprint density at radius 1 is 0.840 bits per heavy atom. The third kappa shape index (κ3) is 15.3. The molecule has 0 aromatic heterocycles. The van der Waals surface area contributed by atoms with Crippen LogP contribution in [0.2, 0.25) is 0 Å². The number of hydrogen-bond donors (Lipinski definition) is 1. The van der Waals surface area contributed by atoms with Crippen LogP contribution >= 0.6 is 0 Å². The minimum Gasteiger partial charge on any atom is -0.460 e. The van der Waals surface area contributed by atoms with Crippen molar-refractivity contribution >= 4 is 5.97 Å². The van der Waals surface area contributed by atoms with Crippen molar-refractivity contribution in [2.45, 2.75) is 103 Å². The van der Waals surface area contributed by atoms with Crippen LogP contribution < -0.4 is 0 Å². The minimum absolute atomic E-state index is 0.159. The van der Waals surface area contributed by atoms with Crippen LogP contribution in [0.1, 0.15) is 86.5 Å². The molecule has 0 heterocycles. The molecule has 0 bridgehead atoms. The van der Waals surface area contributed by atoms with E-state index in [2.05, 4.69) is 0 Å². The fourth-order valence-electron chi connectivity index (χ4n) is 2.25. The molecule has 0 radical (unpaired) electrons. The second-order valence-electron chi connectivity index (χ2n) is 8.68. The third-order valence-electron chi connectivity index (χ3n) is 4.31. The normalized spacial score (nSPS) is 13.1. The quantitative estimate of drug-likeness (QED) is 0.370. The summed E-state index contributed by atoms with van der Waals surface area (Å²) in [5, 5.41) is 9.65. The molecule has 0 amide bonds. The predicted molar refractivity (Wildman–Crippen MR) is 101 cm³/mol. The summed E-state index contributed by atoms with van der Waals surface area (Å²) in [5.41, 5.74) is -1.31. The zero-order chi connectivity index (χ0) is 19.6. The fourth-order valence-corrected chi connectivity index (χ4v) is 2.25. The molecule has 0 fully saturated rings. The molecule has 0 aliphatic heterocycles. The number of carbonyl (C=O) groups is 1. The fraction of sp³-hybridized carbons (Fsp3) is 0.950. The first kappa shape index (κ1) is 24.4. The van der Waals surface area contributed by atoms with Crippen molar-refractivity contribution < 1.29 is 24.1 Å². The van der Waals surface area contributed by atoms with E-state index in [0.717, 1.165) is 32.1 Å². The molecule has 5 nitrogen and oxygen atoms in total. The van der Waals surface area contributed by atoms with Crippen molar-refractivity contribution in [3.05, 3.63) is 0 Å². The van der Waals surface area contributed by atoms with Gasteiger partial charge >= 0.3 is 5.97 Å². The SMILES string of the molecule is COC(C)(C)CCOCCC(C)(C)OC(=O)CCCCCC(C)(C)O. The summed E-state index contributed by atoms with van der Waals surface area (Å²) in [5.74, 6) is -0.159. The summed E-state index contributed by atoms with van der Waals surface area (Å²) in [4.78, 5) is 11.9. The van der Waals surface area contributed by atoms with Gasteiger partial charge in [-0.25, -0.2) is 0 Å². The maximum absolute atomic E-state index is 11.9. The predicted octanol–water partition coefficient (Wildman–Crippen LogP) is 4.25. The zero-order valence-corrected chi connectivity index (χ0v) is 17.4. The lowest BCUT2D eigenvalue weighted by Gasteiger charge is -2.26. The summed E-state index contributed by atoms with van der Waals surface area (Å²) >= 11 is 0. The van der Waals surface area contributed by atoms with E-state index in [0.29, 0.717) is 26.1 Å². The summed E-state index contributed by atoms with van der Waals surface area (Å²) in [7, 11) is 1.70. The maximum Gasteiger partial charge on any atom is 0.306 e. The van der Waals surface area contributed by atoms with Gasteiger partial charge in [0.2, 0.25) is 0 Å². The Balaban J connectivity index is 3.81. The molecule has 0 aliphatic rings. The second kappa shape index (κ2) is 11.1. The molecule has 0 spiro atoms. The van der Waals surface area contributed by atoms with Crippen LogP contribution in [0.25, 0.3) is 0 Å². The van der Waals surface area contributed by atoms with Crippen molar-refractivity contribution in [3.63, 3.8) is 0 Å². The standard InChI is InChI=1S/C20H40O5/c1-18(2,22)12-10-8-9-11-17(21)25-20(5,6)14-16-24-15-13-19(3,4)23-7/h22H,8-16H2,1-7H3. The lowest BCUT2D eigenvalue weighted by atomic mass is 10.0. The first-order valence-electron chi connectivity index (χ1n) is 9.44. The average Bonchev–Trinajstić information content (AvgIpc) is 2.44. The summed E-state index contributed by atoms with van der Waals surface area (Å²) in [6.07, 6.45) is 5.33. The van der Waals surface area contributed by atoms with Gasteiger partial charge in [-0.15, -0.1) is 0 Å². The van der Waals surface area contributed by atoms with E-state index < -0.39 is 11.2 Å². The Hall–Kier alpha value is -0.650. The van der Waals surface area contributed by atoms with Gasteiger partial charge in [-0.3, -0.25) is 4.79 Å². The molecule has 0 aromatic rings. The number of methoxy groups -OCH3 is 1. The molecular formula is C20H40O5. The Kier molecular flexibility index (Phi) is 10.9. The highest BCUT2D eigenvalue weighted by atomic mass is 16.6. The number of ether oxygens (including phenoxy) is 3. The molecule has 5 heteroatoms. The topological polar surface area (TPSA) is 65.0 Å². The number of carbonyl (C=O) groups excluding carboxylic acids is 1. The van der Waals surface area contributed by atoms with E-state index in [1.54, 1.807) is 7.11 Å². The highest BCUT2D eigenvalue weighted by Crippen LogP contribution is 2.19. The molecular weight excluding hydrogens is 320 g/mol. The van der Waals surface area contributed by atoms with Gasteiger partial charge in [-0.2, -0.15) is 0 Å². The van der Waals surface area contributed by atoms with Crippen molar-refractivity contribution in [3.8, 4) is 0 Å². The van der Waals surface area contributed by atoms with Gasteiger partial charge in [0.05, 0.1) is 17.8 Å². The third-order valence-corrected chi connectivity index (χ3v) is 4.31. The molecule has 0 rings (SSSR count). The summed E-state index contributed by atoms with van der Waals surface area (Å²) in [6.45, 7) is 12.7. The van der Waals surface area contributed by atoms with Gasteiger partial charge in [0.1, 0.15) is 5.60 Å². The molecule has 0 atom stereocenters. The first-order chi connectivity index (χ1) is 11.4. The van der Waals surface area contributed by atoms with E-state index in [1.807, 2.05) is 41.5 Å². The van der Waals surface area contributed by atoms with Crippen LogP contribution in [-0.4, -0.2) is 48.2 Å². The first-order valence-corrected chi connectivity index (χ1v) is 9.44. The zero-order valence-electron chi connectivity index (χ0n) is 17.4. The lowest BCUT2D eigenvalue weighted by molar-refractivity contribution is -0.158. The Labute approximate surface area is 154 Å². The van der Waals surface area contributed by atoms with Gasteiger partial charge in [-0.05, 0) is 60.8 Å². The van der Waals surface area contributed by atoms with Gasteiger partial charge in [0, 0.05) is 26.6 Å². The molecule has 0 saturated carbocycles. The van der Waals surface area contributed by atoms with Crippen LogP contribution in [0.15, 0.2) is 0 Å². The number of esters is 1. The molecule has 0 aromatic carbocycles. The van der Waals surface area contributed by atoms with Crippen LogP contribution in [0, 0.1) is 0 Å². The van der Waals surface area contributed by atoms with Gasteiger partial charge in [0.25, 0.3) is 0 Å². The lowest BCUT2D eigenvalue weighted by Crippen LogP contribution is -2.30. The van der Waals surface area contributed by atoms with Crippen molar-refractivity contribution in [1.82, 2.24) is 0 Å². The van der Waals surface area contributed by atoms with E-state index >= 15 is 0 Å². The van der Waals surface area contributed by atoms with E-state index in [-0.39, 0.29) is 11.6 Å². The van der Waals surface area contributed by atoms with E-state index in [4.69, 9.17) is 14.2 Å². The minimum atomic E-state index is -0.624. The molecule has 150 valence electrons. The molecule has 0 unspecified atom stereocenters. The molecule has 0 saturated heterocycles. The van der Waals surface area contributed by atoms with Gasteiger partial charge in [0.15, 0.2) is 0 Å². The van der Waals surface area contributed by atoms with Crippen LogP contribution in [0.4, 0.5) is 0 Å². The number of hydrogen-bond acceptors (Lipinski definition) is 5.